The van der Waals surface area contributed by atoms with Crippen LogP contribution in [0.4, 0.5) is 0 Å². The van der Waals surface area contributed by atoms with Crippen molar-refractivity contribution in [3.63, 3.8) is 0 Å². The highest BCUT2D eigenvalue weighted by molar-refractivity contribution is 5.90. The van der Waals surface area contributed by atoms with E-state index in [4.69, 9.17) is 15.9 Å². The number of carbonyl (C=O) groups excluding carboxylic acids is 2. The summed E-state index contributed by atoms with van der Waals surface area (Å²) in [5.41, 5.74) is 5.43. The van der Waals surface area contributed by atoms with E-state index < -0.39 is 42.4 Å². The molecule has 0 spiro atoms. The number of nitrogens with one attached hydrogen (secondary N) is 2. The summed E-state index contributed by atoms with van der Waals surface area (Å²) in [6, 6.07) is -1.99. The molecule has 0 aromatic rings. The molecule has 9 heteroatoms. The van der Waals surface area contributed by atoms with Crippen LogP contribution in [-0.2, 0) is 19.2 Å². The Kier molecular flexibility index (Phi) is 7.12. The van der Waals surface area contributed by atoms with E-state index in [0.29, 0.717) is 0 Å². The first-order valence-corrected chi connectivity index (χ1v) is 5.51. The first-order chi connectivity index (χ1) is 8.73. The Labute approximate surface area is 109 Å². The zero-order valence-electron chi connectivity index (χ0n) is 10.4. The van der Waals surface area contributed by atoms with E-state index in [1.807, 2.05) is 0 Å². The molecule has 0 saturated heterocycles. The highest BCUT2D eigenvalue weighted by Gasteiger charge is 2.20. The largest absolute Gasteiger partial charge is 0.481 e. The molecule has 6 N–H and O–H groups in total. The third kappa shape index (κ3) is 7.71. The summed E-state index contributed by atoms with van der Waals surface area (Å²) >= 11 is 0. The van der Waals surface area contributed by atoms with E-state index in [9.17, 15) is 19.2 Å². The van der Waals surface area contributed by atoms with E-state index in [0.717, 1.165) is 0 Å². The van der Waals surface area contributed by atoms with Crippen LogP contribution in [0.25, 0.3) is 0 Å². The number of aliphatic carboxylic acids is 2. The van der Waals surface area contributed by atoms with Gasteiger partial charge in [0, 0.05) is 6.42 Å². The second-order valence-electron chi connectivity index (χ2n) is 3.88. The number of nitrogens with two attached hydrogens (primary N) is 1. The summed E-state index contributed by atoms with van der Waals surface area (Å²) < 4.78 is 0. The van der Waals surface area contributed by atoms with Gasteiger partial charge >= 0.3 is 11.9 Å². The Morgan fingerprint density at radius 1 is 1.11 bits per heavy atom. The normalized spacial score (nSPS) is 13.2. The van der Waals surface area contributed by atoms with E-state index in [1.54, 1.807) is 0 Å². The standard InChI is InChI=1S/C10H17N3O6/c1-5(9(18)12-4-8(16)17)13-10(19)6(11)2-3-7(14)15/h5-6H,2-4,11H2,1H3,(H,12,18)(H,13,19)(H,14,15)(H,16,17)/t5-,6-/m0/s1. The molecule has 2 atom stereocenters. The molecule has 19 heavy (non-hydrogen) atoms. The predicted molar refractivity (Wildman–Crippen MR) is 63.1 cm³/mol. The molecule has 9 nitrogen and oxygen atoms in total. The van der Waals surface area contributed by atoms with E-state index in [-0.39, 0.29) is 12.8 Å². The molecule has 0 aliphatic heterocycles. The van der Waals surface area contributed by atoms with E-state index in [2.05, 4.69) is 10.6 Å². The van der Waals surface area contributed by atoms with Gasteiger partial charge in [-0.1, -0.05) is 0 Å². The molecule has 0 aromatic carbocycles. The van der Waals surface area contributed by atoms with Gasteiger partial charge in [0.15, 0.2) is 0 Å². The number of rotatable bonds is 8. The minimum atomic E-state index is -1.20. The molecule has 0 bridgehead atoms. The highest BCUT2D eigenvalue weighted by atomic mass is 16.4. The fraction of sp³-hybridized carbons (Fsp3) is 0.600. The smallest absolute Gasteiger partial charge is 0.322 e. The third-order valence-corrected chi connectivity index (χ3v) is 2.17. The highest BCUT2D eigenvalue weighted by Crippen LogP contribution is 1.95. The summed E-state index contributed by atoms with van der Waals surface area (Å²) in [4.78, 5) is 43.4. The lowest BCUT2D eigenvalue weighted by molar-refractivity contribution is -0.138. The first-order valence-electron chi connectivity index (χ1n) is 5.51. The molecule has 0 fully saturated rings. The molecular weight excluding hydrogens is 258 g/mol. The molecular formula is C10H17N3O6. The second kappa shape index (κ2) is 8.03. The fourth-order valence-corrected chi connectivity index (χ4v) is 1.11. The van der Waals surface area contributed by atoms with Crippen LogP contribution in [0.1, 0.15) is 19.8 Å². The van der Waals surface area contributed by atoms with Gasteiger partial charge in [-0.25, -0.2) is 0 Å². The lowest BCUT2D eigenvalue weighted by Crippen LogP contribution is -2.50. The molecule has 0 aliphatic carbocycles. The number of hydrogen-bond acceptors (Lipinski definition) is 5. The van der Waals surface area contributed by atoms with Gasteiger partial charge in [0.05, 0.1) is 6.04 Å². The molecule has 108 valence electrons. The average Bonchev–Trinajstić information content (AvgIpc) is 2.32. The van der Waals surface area contributed by atoms with Gasteiger partial charge in [-0.05, 0) is 13.3 Å². The van der Waals surface area contributed by atoms with E-state index in [1.165, 1.54) is 6.92 Å². The van der Waals surface area contributed by atoms with Crippen LogP contribution in [0.3, 0.4) is 0 Å². The second-order valence-corrected chi connectivity index (χ2v) is 3.88. The number of carboxylic acid groups (broad SMARTS) is 2. The van der Waals surface area contributed by atoms with Crippen molar-refractivity contribution in [2.75, 3.05) is 6.54 Å². The van der Waals surface area contributed by atoms with Crippen molar-refractivity contribution < 1.29 is 29.4 Å². The molecule has 0 aromatic heterocycles. The quantitative estimate of drug-likeness (QED) is 0.338. The van der Waals surface area contributed by atoms with Crippen molar-refractivity contribution >= 4 is 23.8 Å². The Hall–Kier alpha value is -2.16. The van der Waals surface area contributed by atoms with E-state index >= 15 is 0 Å². The maximum Gasteiger partial charge on any atom is 0.322 e. The monoisotopic (exact) mass is 275 g/mol. The van der Waals surface area contributed by atoms with Gasteiger partial charge in [-0.2, -0.15) is 0 Å². The van der Waals surface area contributed by atoms with Gasteiger partial charge < -0.3 is 26.6 Å². The molecule has 0 heterocycles. The number of amides is 2. The summed E-state index contributed by atoms with van der Waals surface area (Å²) in [6.07, 6.45) is -0.307. The van der Waals surface area contributed by atoms with Crippen molar-refractivity contribution in [3.8, 4) is 0 Å². The maximum absolute atomic E-state index is 11.5. The summed E-state index contributed by atoms with van der Waals surface area (Å²) in [7, 11) is 0. The van der Waals surface area contributed by atoms with Crippen LogP contribution in [-0.4, -0.2) is 52.6 Å². The molecule has 0 radical (unpaired) electrons. The first kappa shape index (κ1) is 16.8. The molecule has 0 rings (SSSR count). The van der Waals surface area contributed by atoms with Crippen molar-refractivity contribution in [2.45, 2.75) is 31.8 Å². The SMILES string of the molecule is C[C@H](NC(=O)[C@@H](N)CCC(=O)O)C(=O)NCC(=O)O. The van der Waals surface area contributed by atoms with Crippen LogP contribution < -0.4 is 16.4 Å². The molecule has 0 unspecified atom stereocenters. The Bertz CT molecular complexity index is 370. The summed E-state index contributed by atoms with van der Waals surface area (Å²) in [5, 5.41) is 21.1. The van der Waals surface area contributed by atoms with Crippen molar-refractivity contribution in [1.29, 1.82) is 0 Å². The van der Waals surface area contributed by atoms with Crippen LogP contribution in [0.2, 0.25) is 0 Å². The number of carboxylic acids is 2. The molecule has 2 amide bonds. The maximum atomic E-state index is 11.5. The van der Waals surface area contributed by atoms with Crippen LogP contribution in [0.5, 0.6) is 0 Å². The van der Waals surface area contributed by atoms with Crippen molar-refractivity contribution in [3.05, 3.63) is 0 Å². The Balaban J connectivity index is 4.12. The minimum absolute atomic E-state index is 0.0510. The Morgan fingerprint density at radius 2 is 1.68 bits per heavy atom. The van der Waals surface area contributed by atoms with Crippen LogP contribution in [0, 0.1) is 0 Å². The van der Waals surface area contributed by atoms with Crippen molar-refractivity contribution in [2.24, 2.45) is 5.73 Å². The lowest BCUT2D eigenvalue weighted by Gasteiger charge is -2.16. The summed E-state index contributed by atoms with van der Waals surface area (Å²) in [5.74, 6) is -3.61. The number of carbonyl (C=O) groups is 4. The van der Waals surface area contributed by atoms with Crippen molar-refractivity contribution in [1.82, 2.24) is 10.6 Å². The lowest BCUT2D eigenvalue weighted by atomic mass is 10.1. The average molecular weight is 275 g/mol. The molecule has 0 saturated carbocycles. The number of hydrogen-bond donors (Lipinski definition) is 5. The van der Waals surface area contributed by atoms with Gasteiger partial charge in [-0.3, -0.25) is 19.2 Å². The predicted octanol–water partition coefficient (Wildman–Crippen LogP) is -2.12. The minimum Gasteiger partial charge on any atom is -0.481 e. The summed E-state index contributed by atoms with van der Waals surface area (Å²) in [6.45, 7) is 0.809. The fourth-order valence-electron chi connectivity index (χ4n) is 1.11. The Morgan fingerprint density at radius 3 is 2.16 bits per heavy atom. The topological polar surface area (TPSA) is 159 Å². The third-order valence-electron chi connectivity index (χ3n) is 2.17. The van der Waals surface area contributed by atoms with Crippen LogP contribution in [0.15, 0.2) is 0 Å². The van der Waals surface area contributed by atoms with Gasteiger partial charge in [0.1, 0.15) is 12.6 Å². The van der Waals surface area contributed by atoms with Crippen LogP contribution >= 0.6 is 0 Å². The van der Waals surface area contributed by atoms with Gasteiger partial charge in [-0.15, -0.1) is 0 Å². The molecule has 0 aliphatic rings. The zero-order chi connectivity index (χ0) is 15.0. The van der Waals surface area contributed by atoms with Gasteiger partial charge in [0.2, 0.25) is 11.8 Å². The zero-order valence-corrected chi connectivity index (χ0v) is 10.4. The van der Waals surface area contributed by atoms with Gasteiger partial charge in [0.25, 0.3) is 0 Å².